The Hall–Kier alpha value is -3.13. The van der Waals surface area contributed by atoms with Gasteiger partial charge < -0.3 is 40.0 Å². The molecular formula is C31H36IN3O7. The number of amides is 2. The lowest BCUT2D eigenvalue weighted by Crippen LogP contribution is -2.56. The minimum atomic E-state index is -1.14. The van der Waals surface area contributed by atoms with E-state index in [1.807, 2.05) is 24.3 Å². The molecule has 1 aromatic heterocycles. The molecule has 2 amide bonds. The number of carbonyl (C=O) groups is 2. The van der Waals surface area contributed by atoms with E-state index in [0.717, 1.165) is 29.4 Å². The molecule has 2 aromatic carbocycles. The number of hydrogen-bond acceptors (Lipinski definition) is 7. The minimum absolute atomic E-state index is 0.0367. The molecule has 2 aliphatic rings. The third kappa shape index (κ3) is 6.74. The number of H-pyrrole nitrogens is 1. The van der Waals surface area contributed by atoms with E-state index in [0.29, 0.717) is 39.2 Å². The first-order valence-electron chi connectivity index (χ1n) is 14.1. The number of rotatable bonds is 12. The number of hydrogen-bond donors (Lipinski definition) is 5. The Balaban J connectivity index is 1.46. The van der Waals surface area contributed by atoms with Gasteiger partial charge in [0.2, 0.25) is 11.8 Å². The molecule has 224 valence electrons. The van der Waals surface area contributed by atoms with Crippen LogP contribution < -0.4 is 14.8 Å². The average molecular weight is 690 g/mol. The Labute approximate surface area is 257 Å². The molecule has 11 heteroatoms. The van der Waals surface area contributed by atoms with Crippen molar-refractivity contribution >= 4 is 45.3 Å². The van der Waals surface area contributed by atoms with E-state index in [1.54, 1.807) is 23.1 Å². The van der Waals surface area contributed by atoms with E-state index in [-0.39, 0.29) is 43.9 Å². The van der Waals surface area contributed by atoms with E-state index < -0.39 is 18.2 Å². The molecular weight excluding hydrogens is 653 g/mol. The number of nitrogens with one attached hydrogen (secondary N) is 2. The van der Waals surface area contributed by atoms with Crippen LogP contribution in [-0.2, 0) is 22.6 Å². The molecule has 1 fully saturated rings. The number of nitrogens with zero attached hydrogens (tertiary/aromatic N) is 1. The normalized spacial score (nSPS) is 20.2. The molecule has 1 heterocycles. The topological polar surface area (TPSA) is 144 Å². The molecule has 10 nitrogen and oxygen atoms in total. The number of ether oxygens (including phenoxy) is 2. The first-order valence-corrected chi connectivity index (χ1v) is 15.2. The fraction of sp³-hybridized carbons (Fsp3) is 0.419. The zero-order valence-electron chi connectivity index (χ0n) is 23.4. The van der Waals surface area contributed by atoms with Crippen LogP contribution in [0.3, 0.4) is 0 Å². The third-order valence-corrected chi connectivity index (χ3v) is 8.56. The van der Waals surface area contributed by atoms with E-state index in [9.17, 15) is 24.9 Å². The van der Waals surface area contributed by atoms with Crippen molar-refractivity contribution < 1.29 is 34.4 Å². The fourth-order valence-electron chi connectivity index (χ4n) is 5.41. The van der Waals surface area contributed by atoms with Gasteiger partial charge in [0.15, 0.2) is 11.5 Å². The molecule has 2 aliphatic carbocycles. The van der Waals surface area contributed by atoms with Crippen molar-refractivity contribution in [1.82, 2.24) is 15.2 Å². The predicted octanol–water partition coefficient (Wildman–Crippen LogP) is 2.67. The van der Waals surface area contributed by atoms with Gasteiger partial charge in [-0.25, -0.2) is 0 Å². The number of aromatic amines is 1. The van der Waals surface area contributed by atoms with Gasteiger partial charge in [0.05, 0.1) is 29.9 Å². The molecule has 42 heavy (non-hydrogen) atoms. The molecule has 3 aromatic rings. The van der Waals surface area contributed by atoms with Crippen LogP contribution in [0.15, 0.2) is 54.1 Å². The summed E-state index contributed by atoms with van der Waals surface area (Å²) in [6, 6.07) is 12.7. The number of aliphatic hydroxyl groups is 3. The molecule has 0 aliphatic heterocycles. The molecule has 5 rings (SSSR count). The average Bonchev–Trinajstić information content (AvgIpc) is 3.77. The predicted molar refractivity (Wildman–Crippen MR) is 165 cm³/mol. The van der Waals surface area contributed by atoms with Crippen molar-refractivity contribution in [2.45, 2.75) is 50.5 Å². The summed E-state index contributed by atoms with van der Waals surface area (Å²) in [6.07, 6.45) is 1.77. The van der Waals surface area contributed by atoms with Crippen LogP contribution in [0.25, 0.3) is 10.9 Å². The van der Waals surface area contributed by atoms with Crippen molar-refractivity contribution in [2.75, 3.05) is 26.8 Å². The Morgan fingerprint density at radius 3 is 2.64 bits per heavy atom. The Morgan fingerprint density at radius 2 is 1.95 bits per heavy atom. The molecule has 0 radical (unpaired) electrons. The first kappa shape index (κ1) is 30.3. The van der Waals surface area contributed by atoms with Crippen LogP contribution in [-0.4, -0.2) is 82.1 Å². The molecule has 3 unspecified atom stereocenters. The monoisotopic (exact) mass is 689 g/mol. The summed E-state index contributed by atoms with van der Waals surface area (Å²) >= 11 is 2.08. The lowest BCUT2D eigenvalue weighted by atomic mass is 9.87. The number of halogens is 1. The van der Waals surface area contributed by atoms with Crippen molar-refractivity contribution in [1.29, 1.82) is 0 Å². The minimum Gasteiger partial charge on any atom is -0.493 e. The van der Waals surface area contributed by atoms with Crippen molar-refractivity contribution in [3.8, 4) is 11.5 Å². The summed E-state index contributed by atoms with van der Waals surface area (Å²) in [6.45, 7) is 0.0431. The van der Waals surface area contributed by atoms with Gasteiger partial charge in [-0.15, -0.1) is 0 Å². The number of fused-ring (bicyclic) bond motifs is 1. The van der Waals surface area contributed by atoms with Crippen molar-refractivity contribution in [3.05, 3.63) is 68.9 Å². The van der Waals surface area contributed by atoms with E-state index in [1.165, 1.54) is 7.11 Å². The zero-order chi connectivity index (χ0) is 29.8. The summed E-state index contributed by atoms with van der Waals surface area (Å²) in [7, 11) is 1.49. The van der Waals surface area contributed by atoms with Crippen molar-refractivity contribution in [3.63, 3.8) is 0 Å². The van der Waals surface area contributed by atoms with Crippen LogP contribution in [0, 0.1) is 9.49 Å². The highest BCUT2D eigenvalue weighted by Crippen LogP contribution is 2.38. The number of aromatic nitrogens is 1. The molecule has 0 bridgehead atoms. The highest BCUT2D eigenvalue weighted by atomic mass is 127. The number of benzene rings is 2. The second-order valence-corrected chi connectivity index (χ2v) is 11.9. The largest absolute Gasteiger partial charge is 0.493 e. The maximum Gasteiger partial charge on any atom is 0.247 e. The summed E-state index contributed by atoms with van der Waals surface area (Å²) in [5.41, 5.74) is 3.00. The quantitative estimate of drug-likeness (QED) is 0.184. The zero-order valence-corrected chi connectivity index (χ0v) is 25.5. The number of para-hydroxylation sites is 1. The Morgan fingerprint density at radius 1 is 1.17 bits per heavy atom. The van der Waals surface area contributed by atoms with Gasteiger partial charge in [-0.2, -0.15) is 0 Å². The first-order chi connectivity index (χ1) is 20.3. The van der Waals surface area contributed by atoms with Gasteiger partial charge in [-0.05, 0) is 76.7 Å². The maximum absolute atomic E-state index is 13.6. The van der Waals surface area contributed by atoms with E-state index in [4.69, 9.17) is 9.47 Å². The van der Waals surface area contributed by atoms with Gasteiger partial charge in [0, 0.05) is 48.6 Å². The van der Waals surface area contributed by atoms with Gasteiger partial charge >= 0.3 is 0 Å². The lowest BCUT2D eigenvalue weighted by molar-refractivity contribution is -0.139. The smallest absolute Gasteiger partial charge is 0.247 e. The highest BCUT2D eigenvalue weighted by Gasteiger charge is 2.44. The molecule has 1 saturated carbocycles. The SMILES string of the molecule is COc1cc(CO)cc(I)c1OC1C=C(C(=O)NCCO)CC(N(CCc2cc3ccccc3[nH]2)C(=O)C2CC2)C1O. The van der Waals surface area contributed by atoms with E-state index >= 15 is 0 Å². The summed E-state index contributed by atoms with van der Waals surface area (Å²) in [5.74, 6) is 0.227. The number of methoxy groups -OCH3 is 1. The number of aliphatic hydroxyl groups excluding tert-OH is 3. The van der Waals surface area contributed by atoms with Crippen LogP contribution in [0.4, 0.5) is 0 Å². The maximum atomic E-state index is 13.6. The molecule has 3 atom stereocenters. The summed E-state index contributed by atoms with van der Waals surface area (Å²) in [5, 5.41) is 34.4. The van der Waals surface area contributed by atoms with Gasteiger partial charge in [-0.3, -0.25) is 9.59 Å². The summed E-state index contributed by atoms with van der Waals surface area (Å²) in [4.78, 5) is 31.9. The van der Waals surface area contributed by atoms with Gasteiger partial charge in [0.25, 0.3) is 0 Å². The fourth-order valence-corrected chi connectivity index (χ4v) is 6.20. The second kappa shape index (κ2) is 13.4. The highest BCUT2D eigenvalue weighted by molar-refractivity contribution is 14.1. The molecule has 0 saturated heterocycles. The Bertz CT molecular complexity index is 1430. The Kier molecular flexibility index (Phi) is 9.71. The number of carbonyl (C=O) groups excluding carboxylic acids is 2. The van der Waals surface area contributed by atoms with Crippen LogP contribution in [0.1, 0.15) is 30.5 Å². The van der Waals surface area contributed by atoms with Gasteiger partial charge in [0.1, 0.15) is 12.2 Å². The van der Waals surface area contributed by atoms with E-state index in [2.05, 4.69) is 39.0 Å². The third-order valence-electron chi connectivity index (χ3n) is 7.76. The summed E-state index contributed by atoms with van der Waals surface area (Å²) < 4.78 is 12.5. The molecule has 5 N–H and O–H groups in total. The molecule has 0 spiro atoms. The second-order valence-electron chi connectivity index (χ2n) is 10.7. The van der Waals surface area contributed by atoms with Crippen LogP contribution in [0.2, 0.25) is 0 Å². The van der Waals surface area contributed by atoms with Gasteiger partial charge in [-0.1, -0.05) is 18.2 Å². The standard InChI is InChI=1S/C31H36IN3O7/c1-41-27-13-18(17-37)12-23(32)29(27)42-26-16-21(30(39)33-9-11-36)15-25(28(26)38)35(31(40)19-6-7-19)10-8-22-14-20-4-2-3-5-24(20)34-22/h2-5,12-14,16,19,25-26,28,34,36-38H,6-11,15,17H2,1H3,(H,33,39). The van der Waals surface area contributed by atoms with Crippen LogP contribution >= 0.6 is 22.6 Å². The van der Waals surface area contributed by atoms with Crippen molar-refractivity contribution in [2.24, 2.45) is 5.92 Å². The lowest BCUT2D eigenvalue weighted by Gasteiger charge is -2.41. The van der Waals surface area contributed by atoms with Crippen LogP contribution in [0.5, 0.6) is 11.5 Å².